The van der Waals surface area contributed by atoms with E-state index in [4.69, 9.17) is 0 Å². The standard InChI is InChI=1S/C17H28N2O3S/c1-6-8-13-19(14(3)7-2)17(20)15-9-11-16(12-10-15)23(21,22)18(4)5/h9-12,14H,6-8,13H2,1-5H3. The maximum absolute atomic E-state index is 12.7. The van der Waals surface area contributed by atoms with E-state index >= 15 is 0 Å². The fraction of sp³-hybridized carbons (Fsp3) is 0.588. The van der Waals surface area contributed by atoms with Gasteiger partial charge in [0, 0.05) is 32.2 Å². The van der Waals surface area contributed by atoms with Crippen LogP contribution in [0.2, 0.25) is 0 Å². The van der Waals surface area contributed by atoms with E-state index in [0.29, 0.717) is 5.56 Å². The van der Waals surface area contributed by atoms with Crippen molar-refractivity contribution in [3.05, 3.63) is 29.8 Å². The number of carbonyl (C=O) groups is 1. The number of amides is 1. The molecule has 0 aliphatic carbocycles. The lowest BCUT2D eigenvalue weighted by atomic mass is 10.1. The first-order valence-corrected chi connectivity index (χ1v) is 9.53. The van der Waals surface area contributed by atoms with Crippen molar-refractivity contribution < 1.29 is 13.2 Å². The molecule has 23 heavy (non-hydrogen) atoms. The molecule has 1 amide bonds. The number of unbranched alkanes of at least 4 members (excludes halogenated alkanes) is 1. The molecule has 130 valence electrons. The number of hydrogen-bond donors (Lipinski definition) is 0. The molecule has 0 fully saturated rings. The summed E-state index contributed by atoms with van der Waals surface area (Å²) in [6, 6.07) is 6.35. The average molecular weight is 340 g/mol. The van der Waals surface area contributed by atoms with E-state index in [-0.39, 0.29) is 16.8 Å². The highest BCUT2D eigenvalue weighted by Crippen LogP contribution is 2.17. The van der Waals surface area contributed by atoms with Gasteiger partial charge in [0.1, 0.15) is 0 Å². The lowest BCUT2D eigenvalue weighted by Crippen LogP contribution is -2.39. The molecule has 0 spiro atoms. The third kappa shape index (κ3) is 4.78. The molecule has 1 aromatic rings. The molecule has 0 aromatic heterocycles. The second-order valence-electron chi connectivity index (χ2n) is 5.92. The minimum atomic E-state index is -3.47. The number of rotatable bonds is 8. The number of nitrogens with zero attached hydrogens (tertiary/aromatic N) is 2. The maximum Gasteiger partial charge on any atom is 0.254 e. The van der Waals surface area contributed by atoms with Gasteiger partial charge < -0.3 is 4.90 Å². The van der Waals surface area contributed by atoms with Gasteiger partial charge in [-0.25, -0.2) is 12.7 Å². The highest BCUT2D eigenvalue weighted by atomic mass is 32.2. The van der Waals surface area contributed by atoms with Crippen LogP contribution in [0.5, 0.6) is 0 Å². The zero-order chi connectivity index (χ0) is 17.6. The van der Waals surface area contributed by atoms with Crippen molar-refractivity contribution in [3.63, 3.8) is 0 Å². The van der Waals surface area contributed by atoms with Gasteiger partial charge in [-0.3, -0.25) is 4.79 Å². The molecule has 0 radical (unpaired) electrons. The molecule has 1 rings (SSSR count). The van der Waals surface area contributed by atoms with Crippen molar-refractivity contribution in [2.45, 2.75) is 51.0 Å². The Bertz CT molecular complexity index is 609. The SMILES string of the molecule is CCCCN(C(=O)c1ccc(S(=O)(=O)N(C)C)cc1)C(C)CC. The van der Waals surface area contributed by atoms with E-state index in [1.165, 1.54) is 26.2 Å². The summed E-state index contributed by atoms with van der Waals surface area (Å²) >= 11 is 0. The first-order valence-electron chi connectivity index (χ1n) is 8.09. The highest BCUT2D eigenvalue weighted by molar-refractivity contribution is 7.89. The van der Waals surface area contributed by atoms with Crippen LogP contribution >= 0.6 is 0 Å². The van der Waals surface area contributed by atoms with Crippen LogP contribution in [0, 0.1) is 0 Å². The van der Waals surface area contributed by atoms with Gasteiger partial charge in [-0.15, -0.1) is 0 Å². The quantitative estimate of drug-likeness (QED) is 0.731. The van der Waals surface area contributed by atoms with Gasteiger partial charge in [-0.05, 0) is 44.0 Å². The number of carbonyl (C=O) groups excluding carboxylic acids is 1. The van der Waals surface area contributed by atoms with Crippen molar-refractivity contribution >= 4 is 15.9 Å². The molecule has 0 heterocycles. The van der Waals surface area contributed by atoms with Gasteiger partial charge in [-0.2, -0.15) is 0 Å². The van der Waals surface area contributed by atoms with Gasteiger partial charge in [0.2, 0.25) is 10.0 Å². The van der Waals surface area contributed by atoms with Gasteiger partial charge in [-0.1, -0.05) is 20.3 Å². The summed E-state index contributed by atoms with van der Waals surface area (Å²) in [7, 11) is -0.487. The number of benzene rings is 1. The van der Waals surface area contributed by atoms with Crippen LogP contribution in [0.3, 0.4) is 0 Å². The second-order valence-corrected chi connectivity index (χ2v) is 8.07. The Morgan fingerprint density at radius 2 is 1.70 bits per heavy atom. The average Bonchev–Trinajstić information content (AvgIpc) is 2.54. The van der Waals surface area contributed by atoms with Crippen LogP contribution in [-0.2, 0) is 10.0 Å². The van der Waals surface area contributed by atoms with E-state index in [2.05, 4.69) is 13.8 Å². The van der Waals surface area contributed by atoms with E-state index in [1.807, 2.05) is 11.8 Å². The van der Waals surface area contributed by atoms with Crippen molar-refractivity contribution in [1.29, 1.82) is 0 Å². The summed E-state index contributed by atoms with van der Waals surface area (Å²) in [6.07, 6.45) is 2.88. The molecule has 6 heteroatoms. The van der Waals surface area contributed by atoms with Gasteiger partial charge in [0.15, 0.2) is 0 Å². The van der Waals surface area contributed by atoms with Crippen molar-refractivity contribution in [2.24, 2.45) is 0 Å². The Hall–Kier alpha value is -1.40. The molecule has 0 saturated carbocycles. The maximum atomic E-state index is 12.7. The molecule has 0 N–H and O–H groups in total. The molecular formula is C17H28N2O3S. The van der Waals surface area contributed by atoms with E-state index in [1.54, 1.807) is 12.1 Å². The summed E-state index contributed by atoms with van der Waals surface area (Å²) in [5.74, 6) is -0.0402. The Kier molecular flexibility index (Phi) is 7.22. The summed E-state index contributed by atoms with van der Waals surface area (Å²) in [5, 5.41) is 0. The highest BCUT2D eigenvalue weighted by Gasteiger charge is 2.21. The monoisotopic (exact) mass is 340 g/mol. The molecule has 1 atom stereocenters. The Balaban J connectivity index is 3.03. The molecule has 0 aliphatic heterocycles. The molecule has 0 aliphatic rings. The topological polar surface area (TPSA) is 57.7 Å². The van der Waals surface area contributed by atoms with Crippen LogP contribution in [0.1, 0.15) is 50.4 Å². The number of hydrogen-bond acceptors (Lipinski definition) is 3. The fourth-order valence-corrected chi connectivity index (χ4v) is 3.12. The van der Waals surface area contributed by atoms with Crippen molar-refractivity contribution in [2.75, 3.05) is 20.6 Å². The van der Waals surface area contributed by atoms with Crippen molar-refractivity contribution in [3.8, 4) is 0 Å². The third-order valence-corrected chi connectivity index (χ3v) is 5.85. The zero-order valence-corrected chi connectivity index (χ0v) is 15.6. The summed E-state index contributed by atoms with van der Waals surface area (Å²) in [5.41, 5.74) is 0.527. The van der Waals surface area contributed by atoms with Gasteiger partial charge in [0.25, 0.3) is 5.91 Å². The molecule has 1 aromatic carbocycles. The lowest BCUT2D eigenvalue weighted by molar-refractivity contribution is 0.0685. The first-order chi connectivity index (χ1) is 10.8. The van der Waals surface area contributed by atoms with Crippen LogP contribution < -0.4 is 0 Å². The summed E-state index contributed by atoms with van der Waals surface area (Å²) < 4.78 is 25.3. The Morgan fingerprint density at radius 1 is 1.13 bits per heavy atom. The Labute approximate surface area is 140 Å². The second kappa shape index (κ2) is 8.45. The minimum Gasteiger partial charge on any atom is -0.336 e. The van der Waals surface area contributed by atoms with E-state index in [9.17, 15) is 13.2 Å². The third-order valence-electron chi connectivity index (χ3n) is 4.02. The molecule has 0 saturated heterocycles. The molecular weight excluding hydrogens is 312 g/mol. The number of sulfonamides is 1. The Morgan fingerprint density at radius 3 is 2.13 bits per heavy atom. The van der Waals surface area contributed by atoms with E-state index < -0.39 is 10.0 Å². The van der Waals surface area contributed by atoms with Gasteiger partial charge >= 0.3 is 0 Å². The van der Waals surface area contributed by atoms with Crippen molar-refractivity contribution in [1.82, 2.24) is 9.21 Å². The molecule has 0 bridgehead atoms. The van der Waals surface area contributed by atoms with Crippen LogP contribution in [0.4, 0.5) is 0 Å². The molecule has 1 unspecified atom stereocenters. The fourth-order valence-electron chi connectivity index (χ4n) is 2.22. The minimum absolute atomic E-state index is 0.0402. The predicted molar refractivity (Wildman–Crippen MR) is 93.0 cm³/mol. The van der Waals surface area contributed by atoms with E-state index in [0.717, 1.165) is 30.1 Å². The zero-order valence-electron chi connectivity index (χ0n) is 14.7. The summed E-state index contributed by atoms with van der Waals surface area (Å²) in [6.45, 7) is 6.92. The molecule has 5 nitrogen and oxygen atoms in total. The largest absolute Gasteiger partial charge is 0.336 e. The lowest BCUT2D eigenvalue weighted by Gasteiger charge is -2.28. The van der Waals surface area contributed by atoms with Crippen LogP contribution in [0.15, 0.2) is 29.2 Å². The van der Waals surface area contributed by atoms with Crippen LogP contribution in [0.25, 0.3) is 0 Å². The first kappa shape index (κ1) is 19.6. The normalized spacial score (nSPS) is 13.1. The predicted octanol–water partition coefficient (Wildman–Crippen LogP) is 2.98. The van der Waals surface area contributed by atoms with Gasteiger partial charge in [0.05, 0.1) is 4.90 Å². The van der Waals surface area contributed by atoms with Crippen LogP contribution in [-0.4, -0.2) is 50.2 Å². The smallest absolute Gasteiger partial charge is 0.254 e. The summed E-state index contributed by atoms with van der Waals surface area (Å²) in [4.78, 5) is 14.8.